The van der Waals surface area contributed by atoms with E-state index in [0.29, 0.717) is 24.9 Å². The van der Waals surface area contributed by atoms with Crippen LogP contribution >= 0.6 is 11.3 Å². The SMILES string of the molecule is COC[C@H]1[C@@H](NC(=O)Cc2ccsc2)[C@H]2CCO[C@H]21. The highest BCUT2D eigenvalue weighted by Crippen LogP contribution is 2.43. The molecule has 4 nitrogen and oxygen atoms in total. The van der Waals surface area contributed by atoms with Crippen molar-refractivity contribution < 1.29 is 14.3 Å². The molecule has 1 amide bonds. The van der Waals surface area contributed by atoms with E-state index in [-0.39, 0.29) is 18.1 Å². The summed E-state index contributed by atoms with van der Waals surface area (Å²) in [5.41, 5.74) is 1.09. The van der Waals surface area contributed by atoms with Gasteiger partial charge in [-0.2, -0.15) is 11.3 Å². The summed E-state index contributed by atoms with van der Waals surface area (Å²) in [6, 6.07) is 2.22. The van der Waals surface area contributed by atoms with Gasteiger partial charge >= 0.3 is 0 Å². The average molecular weight is 281 g/mol. The molecule has 2 fully saturated rings. The predicted molar refractivity (Wildman–Crippen MR) is 73.2 cm³/mol. The van der Waals surface area contributed by atoms with Gasteiger partial charge in [-0.15, -0.1) is 0 Å². The van der Waals surface area contributed by atoms with Gasteiger partial charge in [-0.05, 0) is 28.8 Å². The van der Waals surface area contributed by atoms with Gasteiger partial charge in [-0.25, -0.2) is 0 Å². The number of thiophene rings is 1. The van der Waals surface area contributed by atoms with E-state index < -0.39 is 0 Å². The van der Waals surface area contributed by atoms with Gasteiger partial charge in [-0.3, -0.25) is 4.79 Å². The van der Waals surface area contributed by atoms with Gasteiger partial charge in [0, 0.05) is 31.6 Å². The number of carbonyl (C=O) groups excluding carboxylic acids is 1. The van der Waals surface area contributed by atoms with Gasteiger partial charge in [0.15, 0.2) is 0 Å². The summed E-state index contributed by atoms with van der Waals surface area (Å²) in [6.45, 7) is 1.47. The number of amides is 1. The van der Waals surface area contributed by atoms with Crippen LogP contribution in [0.5, 0.6) is 0 Å². The molecule has 3 rings (SSSR count). The number of hydrogen-bond acceptors (Lipinski definition) is 4. The quantitative estimate of drug-likeness (QED) is 0.889. The molecule has 2 heterocycles. The Hall–Kier alpha value is -0.910. The van der Waals surface area contributed by atoms with Crippen LogP contribution in [-0.2, 0) is 20.7 Å². The van der Waals surface area contributed by atoms with Crippen LogP contribution < -0.4 is 5.32 Å². The number of methoxy groups -OCH3 is 1. The number of fused-ring (bicyclic) bond motifs is 1. The Bertz CT molecular complexity index is 434. The van der Waals surface area contributed by atoms with Crippen LogP contribution in [0.1, 0.15) is 12.0 Å². The molecular weight excluding hydrogens is 262 g/mol. The van der Waals surface area contributed by atoms with Crippen LogP contribution in [0, 0.1) is 11.8 Å². The van der Waals surface area contributed by atoms with Crippen molar-refractivity contribution in [2.24, 2.45) is 11.8 Å². The molecule has 0 bridgehead atoms. The van der Waals surface area contributed by atoms with Crippen molar-refractivity contribution in [3.8, 4) is 0 Å². The molecule has 1 aromatic heterocycles. The molecule has 0 spiro atoms. The Morgan fingerprint density at radius 3 is 3.26 bits per heavy atom. The van der Waals surface area contributed by atoms with E-state index in [0.717, 1.165) is 18.6 Å². The topological polar surface area (TPSA) is 47.6 Å². The molecule has 0 unspecified atom stereocenters. The van der Waals surface area contributed by atoms with Crippen molar-refractivity contribution in [1.82, 2.24) is 5.32 Å². The summed E-state index contributed by atoms with van der Waals surface area (Å²) in [7, 11) is 1.70. The first kappa shape index (κ1) is 13.1. The fraction of sp³-hybridized carbons (Fsp3) is 0.643. The number of hydrogen-bond donors (Lipinski definition) is 1. The van der Waals surface area contributed by atoms with Crippen molar-refractivity contribution >= 4 is 17.2 Å². The molecule has 5 heteroatoms. The second-order valence-electron chi connectivity index (χ2n) is 5.31. The van der Waals surface area contributed by atoms with E-state index in [4.69, 9.17) is 9.47 Å². The van der Waals surface area contributed by atoms with Crippen LogP contribution in [0.2, 0.25) is 0 Å². The Morgan fingerprint density at radius 2 is 2.53 bits per heavy atom. The zero-order valence-corrected chi connectivity index (χ0v) is 11.8. The van der Waals surface area contributed by atoms with Crippen LogP contribution in [0.25, 0.3) is 0 Å². The maximum Gasteiger partial charge on any atom is 0.224 e. The first-order valence-corrected chi connectivity index (χ1v) is 7.65. The van der Waals surface area contributed by atoms with E-state index in [2.05, 4.69) is 5.32 Å². The third kappa shape index (κ3) is 2.55. The second-order valence-corrected chi connectivity index (χ2v) is 6.09. The molecule has 4 atom stereocenters. The minimum atomic E-state index is 0.106. The maximum atomic E-state index is 12.1. The van der Waals surface area contributed by atoms with E-state index in [1.165, 1.54) is 0 Å². The molecule has 1 aliphatic heterocycles. The zero-order chi connectivity index (χ0) is 13.2. The smallest absolute Gasteiger partial charge is 0.224 e. The van der Waals surface area contributed by atoms with Gasteiger partial charge in [0.25, 0.3) is 0 Å². The second kappa shape index (κ2) is 5.61. The largest absolute Gasteiger partial charge is 0.384 e. The lowest BCUT2D eigenvalue weighted by molar-refractivity contribution is -0.129. The fourth-order valence-corrected chi connectivity index (χ4v) is 3.92. The third-order valence-electron chi connectivity index (χ3n) is 4.16. The minimum absolute atomic E-state index is 0.106. The van der Waals surface area contributed by atoms with Gasteiger partial charge in [0.05, 0.1) is 19.1 Å². The third-order valence-corrected chi connectivity index (χ3v) is 4.89. The molecule has 1 aromatic rings. The summed E-state index contributed by atoms with van der Waals surface area (Å²) in [5, 5.41) is 7.19. The monoisotopic (exact) mass is 281 g/mol. The molecule has 104 valence electrons. The molecule has 1 aliphatic carbocycles. The van der Waals surface area contributed by atoms with E-state index in [9.17, 15) is 4.79 Å². The summed E-state index contributed by atoms with van der Waals surface area (Å²) in [4.78, 5) is 12.1. The highest BCUT2D eigenvalue weighted by Gasteiger charge is 2.54. The fourth-order valence-electron chi connectivity index (χ4n) is 3.25. The van der Waals surface area contributed by atoms with Gasteiger partial charge in [0.1, 0.15) is 0 Å². The van der Waals surface area contributed by atoms with E-state index in [1.807, 2.05) is 16.8 Å². The predicted octanol–water partition coefficient (Wildman–Crippen LogP) is 1.46. The number of ether oxygens (including phenoxy) is 2. The molecule has 1 saturated carbocycles. The Balaban J connectivity index is 1.57. The van der Waals surface area contributed by atoms with Crippen LogP contribution in [0.3, 0.4) is 0 Å². The lowest BCUT2D eigenvalue weighted by Crippen LogP contribution is -2.62. The highest BCUT2D eigenvalue weighted by atomic mass is 32.1. The molecule has 2 aliphatic rings. The van der Waals surface area contributed by atoms with Crippen LogP contribution in [0.4, 0.5) is 0 Å². The highest BCUT2D eigenvalue weighted by molar-refractivity contribution is 7.07. The normalized spacial score (nSPS) is 32.7. The summed E-state index contributed by atoms with van der Waals surface area (Å²) >= 11 is 1.62. The minimum Gasteiger partial charge on any atom is -0.384 e. The van der Waals surface area contributed by atoms with Crippen molar-refractivity contribution in [2.45, 2.75) is 25.0 Å². The van der Waals surface area contributed by atoms with Crippen molar-refractivity contribution in [2.75, 3.05) is 20.3 Å². The standard InChI is InChI=1S/C14H19NO3S/c1-17-7-11-13(10-2-4-18-14(10)11)15-12(16)6-9-3-5-19-8-9/h3,5,8,10-11,13-14H,2,4,6-7H2,1H3,(H,15,16)/t10-,11+,13+,14-/m1/s1. The number of rotatable bonds is 5. The first-order valence-electron chi connectivity index (χ1n) is 6.70. The summed E-state index contributed by atoms with van der Waals surface area (Å²) < 4.78 is 10.9. The van der Waals surface area contributed by atoms with Crippen LogP contribution in [-0.4, -0.2) is 38.4 Å². The molecule has 0 radical (unpaired) electrons. The van der Waals surface area contributed by atoms with Crippen molar-refractivity contribution in [1.29, 1.82) is 0 Å². The Kier molecular flexibility index (Phi) is 3.86. The van der Waals surface area contributed by atoms with E-state index >= 15 is 0 Å². The Labute approximate surface area is 117 Å². The van der Waals surface area contributed by atoms with Crippen molar-refractivity contribution in [3.63, 3.8) is 0 Å². The molecule has 0 aromatic carbocycles. The Morgan fingerprint density at radius 1 is 1.63 bits per heavy atom. The molecular formula is C14H19NO3S. The molecule has 19 heavy (non-hydrogen) atoms. The number of carbonyl (C=O) groups is 1. The first-order chi connectivity index (χ1) is 9.29. The lowest BCUT2D eigenvalue weighted by atomic mass is 9.67. The van der Waals surface area contributed by atoms with Gasteiger partial charge in [0.2, 0.25) is 5.91 Å². The average Bonchev–Trinajstić information content (AvgIpc) is 3.02. The van der Waals surface area contributed by atoms with Crippen LogP contribution in [0.15, 0.2) is 16.8 Å². The summed E-state index contributed by atoms with van der Waals surface area (Å²) in [6.07, 6.45) is 1.80. The molecule has 1 N–H and O–H groups in total. The molecule has 1 saturated heterocycles. The van der Waals surface area contributed by atoms with Gasteiger partial charge < -0.3 is 14.8 Å². The number of nitrogens with one attached hydrogen (secondary N) is 1. The zero-order valence-electron chi connectivity index (χ0n) is 11.0. The van der Waals surface area contributed by atoms with Crippen molar-refractivity contribution in [3.05, 3.63) is 22.4 Å². The van der Waals surface area contributed by atoms with Gasteiger partial charge in [-0.1, -0.05) is 0 Å². The lowest BCUT2D eigenvalue weighted by Gasteiger charge is -2.47. The van der Waals surface area contributed by atoms with E-state index in [1.54, 1.807) is 18.4 Å². The summed E-state index contributed by atoms with van der Waals surface area (Å²) in [5.74, 6) is 0.894. The maximum absolute atomic E-state index is 12.1.